The number of amides is 1. The highest BCUT2D eigenvalue weighted by molar-refractivity contribution is 5.94. The fourth-order valence-electron chi connectivity index (χ4n) is 1.79. The number of carbonyl (C=O) groups is 1. The van der Waals surface area contributed by atoms with Crippen molar-refractivity contribution in [1.29, 1.82) is 0 Å². The summed E-state index contributed by atoms with van der Waals surface area (Å²) in [5.41, 5.74) is -0.661. The Balaban J connectivity index is 3.01. The van der Waals surface area contributed by atoms with Gasteiger partial charge in [0, 0.05) is 25.2 Å². The van der Waals surface area contributed by atoms with Crippen LogP contribution in [-0.4, -0.2) is 29.3 Å². The van der Waals surface area contributed by atoms with Crippen molar-refractivity contribution in [2.45, 2.75) is 20.8 Å². The van der Waals surface area contributed by atoms with Crippen LogP contribution in [0.3, 0.4) is 0 Å². The van der Waals surface area contributed by atoms with E-state index in [2.05, 4.69) is 0 Å². The summed E-state index contributed by atoms with van der Waals surface area (Å²) in [5.74, 6) is -1.31. The van der Waals surface area contributed by atoms with E-state index in [1.807, 2.05) is 20.8 Å². The number of nitrogens with zero attached hydrogens (tertiary/aromatic N) is 2. The number of halogens is 1. The minimum Gasteiger partial charge on any atom is -0.341 e. The van der Waals surface area contributed by atoms with Gasteiger partial charge in [-0.15, -0.1) is 0 Å². The molecule has 0 aliphatic carbocycles. The van der Waals surface area contributed by atoms with Crippen LogP contribution in [0.25, 0.3) is 0 Å². The number of hydrogen-bond donors (Lipinski definition) is 0. The Labute approximate surface area is 111 Å². The van der Waals surface area contributed by atoms with Gasteiger partial charge in [0.15, 0.2) is 0 Å². The summed E-state index contributed by atoms with van der Waals surface area (Å²) in [6.07, 6.45) is 0. The van der Waals surface area contributed by atoms with Gasteiger partial charge in [-0.3, -0.25) is 14.9 Å². The second-order valence-corrected chi connectivity index (χ2v) is 5.65. The van der Waals surface area contributed by atoms with Gasteiger partial charge in [0.25, 0.3) is 5.91 Å². The van der Waals surface area contributed by atoms with Crippen molar-refractivity contribution in [3.8, 4) is 0 Å². The van der Waals surface area contributed by atoms with E-state index < -0.39 is 16.4 Å². The average Bonchev–Trinajstić information content (AvgIpc) is 2.26. The third kappa shape index (κ3) is 4.01. The molecule has 0 spiro atoms. The topological polar surface area (TPSA) is 63.5 Å². The molecule has 0 atom stereocenters. The summed E-state index contributed by atoms with van der Waals surface area (Å²) in [4.78, 5) is 23.4. The van der Waals surface area contributed by atoms with Crippen LogP contribution < -0.4 is 0 Å². The molecule has 1 aromatic rings. The number of benzene rings is 1. The van der Waals surface area contributed by atoms with Crippen molar-refractivity contribution in [2.75, 3.05) is 13.6 Å². The first-order chi connectivity index (χ1) is 8.61. The zero-order chi connectivity index (χ0) is 14.8. The number of nitro groups is 1. The smallest absolute Gasteiger partial charge is 0.305 e. The van der Waals surface area contributed by atoms with Gasteiger partial charge in [-0.05, 0) is 17.5 Å². The van der Waals surface area contributed by atoms with Crippen molar-refractivity contribution >= 4 is 11.6 Å². The highest BCUT2D eigenvalue weighted by Crippen LogP contribution is 2.21. The van der Waals surface area contributed by atoms with Gasteiger partial charge < -0.3 is 4.90 Å². The Bertz CT molecular complexity index is 509. The molecule has 0 N–H and O–H groups in total. The highest BCUT2D eigenvalue weighted by atomic mass is 19.1. The number of rotatable bonds is 3. The molecule has 1 rings (SSSR count). The zero-order valence-corrected chi connectivity index (χ0v) is 11.4. The molecule has 0 unspecified atom stereocenters. The van der Waals surface area contributed by atoms with E-state index in [1.54, 1.807) is 7.05 Å². The fourth-order valence-corrected chi connectivity index (χ4v) is 1.79. The molecule has 1 amide bonds. The van der Waals surface area contributed by atoms with Crippen molar-refractivity contribution in [2.24, 2.45) is 5.41 Å². The molecule has 0 bridgehead atoms. The van der Waals surface area contributed by atoms with Crippen molar-refractivity contribution in [1.82, 2.24) is 4.90 Å². The summed E-state index contributed by atoms with van der Waals surface area (Å²) in [6, 6.07) is 3.16. The van der Waals surface area contributed by atoms with E-state index in [9.17, 15) is 19.3 Å². The molecular weight excluding hydrogens is 251 g/mol. The Morgan fingerprint density at radius 1 is 1.42 bits per heavy atom. The lowest BCUT2D eigenvalue weighted by atomic mass is 9.96. The predicted molar refractivity (Wildman–Crippen MR) is 69.5 cm³/mol. The van der Waals surface area contributed by atoms with E-state index >= 15 is 0 Å². The highest BCUT2D eigenvalue weighted by Gasteiger charge is 2.22. The molecule has 0 aromatic heterocycles. The predicted octanol–water partition coefficient (Wildman–Crippen LogP) is 2.85. The molecule has 0 aliphatic rings. The quantitative estimate of drug-likeness (QED) is 0.625. The largest absolute Gasteiger partial charge is 0.341 e. The van der Waals surface area contributed by atoms with Crippen LogP contribution in [0, 0.1) is 21.3 Å². The minimum atomic E-state index is -0.944. The first-order valence-corrected chi connectivity index (χ1v) is 5.81. The maximum absolute atomic E-state index is 13.2. The normalized spacial score (nSPS) is 11.2. The maximum Gasteiger partial charge on any atom is 0.305 e. The van der Waals surface area contributed by atoms with E-state index in [1.165, 1.54) is 11.0 Å². The molecule has 6 heteroatoms. The van der Waals surface area contributed by atoms with Crippen LogP contribution in [0.15, 0.2) is 18.2 Å². The molecule has 0 aliphatic heterocycles. The molecule has 5 nitrogen and oxygen atoms in total. The van der Waals surface area contributed by atoms with Gasteiger partial charge in [0.1, 0.15) is 0 Å². The number of carbonyl (C=O) groups excluding carboxylic acids is 1. The van der Waals surface area contributed by atoms with Crippen molar-refractivity contribution < 1.29 is 14.1 Å². The first-order valence-electron chi connectivity index (χ1n) is 5.81. The zero-order valence-electron chi connectivity index (χ0n) is 11.4. The van der Waals surface area contributed by atoms with Gasteiger partial charge in [0.05, 0.1) is 4.92 Å². The summed E-state index contributed by atoms with van der Waals surface area (Å²) in [5, 5.41) is 10.6. The van der Waals surface area contributed by atoms with Crippen molar-refractivity contribution in [3.05, 3.63) is 39.7 Å². The summed E-state index contributed by atoms with van der Waals surface area (Å²) in [6.45, 7) is 6.43. The van der Waals surface area contributed by atoms with Crippen molar-refractivity contribution in [3.63, 3.8) is 0 Å². The van der Waals surface area contributed by atoms with Gasteiger partial charge in [0.2, 0.25) is 5.82 Å². The van der Waals surface area contributed by atoms with E-state index in [4.69, 9.17) is 0 Å². The molecule has 19 heavy (non-hydrogen) atoms. The monoisotopic (exact) mass is 268 g/mol. The summed E-state index contributed by atoms with van der Waals surface area (Å²) < 4.78 is 13.2. The SMILES string of the molecule is CN(CC(C)(C)C)C(=O)c1ccc(F)c([N+](=O)[O-])c1. The van der Waals surface area contributed by atoms with Gasteiger partial charge in [-0.25, -0.2) is 0 Å². The van der Waals surface area contributed by atoms with E-state index in [-0.39, 0.29) is 16.9 Å². The summed E-state index contributed by atoms with van der Waals surface area (Å²) >= 11 is 0. The van der Waals surface area contributed by atoms with Crippen LogP contribution >= 0.6 is 0 Å². The number of hydrogen-bond acceptors (Lipinski definition) is 3. The fraction of sp³-hybridized carbons (Fsp3) is 0.462. The van der Waals surface area contributed by atoms with Crippen LogP contribution in [0.2, 0.25) is 0 Å². The summed E-state index contributed by atoms with van der Waals surface area (Å²) in [7, 11) is 1.61. The Morgan fingerprint density at radius 2 is 2.00 bits per heavy atom. The molecule has 0 radical (unpaired) electrons. The second-order valence-electron chi connectivity index (χ2n) is 5.65. The average molecular weight is 268 g/mol. The molecular formula is C13H17FN2O3. The maximum atomic E-state index is 13.2. The van der Waals surface area contributed by atoms with Crippen LogP contribution in [0.5, 0.6) is 0 Å². The lowest BCUT2D eigenvalue weighted by Crippen LogP contribution is -2.34. The molecule has 0 saturated carbocycles. The molecule has 104 valence electrons. The third-order valence-electron chi connectivity index (χ3n) is 2.45. The Hall–Kier alpha value is -1.98. The van der Waals surface area contributed by atoms with E-state index in [0.29, 0.717) is 6.54 Å². The molecule has 1 aromatic carbocycles. The molecule has 0 fully saturated rings. The first kappa shape index (κ1) is 15.1. The lowest BCUT2D eigenvalue weighted by molar-refractivity contribution is -0.387. The van der Waals surface area contributed by atoms with Gasteiger partial charge >= 0.3 is 5.69 Å². The number of nitro benzene ring substituents is 1. The Kier molecular flexibility index (Phi) is 4.24. The van der Waals surface area contributed by atoms with Crippen LogP contribution in [0.1, 0.15) is 31.1 Å². The standard InChI is InChI=1S/C13H17FN2O3/c1-13(2,3)8-15(4)12(17)9-5-6-10(14)11(7-9)16(18)19/h5-7H,8H2,1-4H3. The molecule has 0 saturated heterocycles. The third-order valence-corrected chi connectivity index (χ3v) is 2.45. The van der Waals surface area contributed by atoms with E-state index in [0.717, 1.165) is 12.1 Å². The van der Waals surface area contributed by atoms with Gasteiger partial charge in [-0.2, -0.15) is 4.39 Å². The van der Waals surface area contributed by atoms with Crippen LogP contribution in [-0.2, 0) is 0 Å². The Morgan fingerprint density at radius 3 is 2.47 bits per heavy atom. The lowest BCUT2D eigenvalue weighted by Gasteiger charge is -2.26. The van der Waals surface area contributed by atoms with Crippen LogP contribution in [0.4, 0.5) is 10.1 Å². The second kappa shape index (κ2) is 5.34. The minimum absolute atomic E-state index is 0.0869. The molecule has 0 heterocycles. The van der Waals surface area contributed by atoms with Gasteiger partial charge in [-0.1, -0.05) is 20.8 Å².